The maximum absolute atomic E-state index is 18.3. The average molecular weight is 1690 g/mol. The fourth-order valence-electron chi connectivity index (χ4n) is 14.9. The van der Waals surface area contributed by atoms with Gasteiger partial charge in [-0.2, -0.15) is 26.2 Å². The number of benzene rings is 3. The molecule has 0 amide bonds. The second-order valence-electron chi connectivity index (χ2n) is 28.1. The van der Waals surface area contributed by atoms with E-state index in [0.29, 0.717) is 76.9 Å². The number of thiophene rings is 6. The van der Waals surface area contributed by atoms with Crippen LogP contribution in [0.5, 0.6) is 0 Å². The van der Waals surface area contributed by atoms with Gasteiger partial charge in [0.05, 0.1) is 65.0 Å². The van der Waals surface area contributed by atoms with Crippen LogP contribution in [0.3, 0.4) is 0 Å². The van der Waals surface area contributed by atoms with Crippen LogP contribution in [0.25, 0.3) is 115 Å². The molecule has 21 heteroatoms. The molecule has 0 radical (unpaired) electrons. The van der Waals surface area contributed by atoms with E-state index in [1.165, 1.54) is 199 Å². The van der Waals surface area contributed by atoms with E-state index >= 15 is 17.6 Å². The summed E-state index contributed by atoms with van der Waals surface area (Å²) in [6.07, 6.45) is 40.7. The Hall–Kier alpha value is -4.00. The zero-order chi connectivity index (χ0) is 71.6. The van der Waals surface area contributed by atoms with Crippen molar-refractivity contribution in [3.63, 3.8) is 0 Å². The van der Waals surface area contributed by atoms with Crippen molar-refractivity contribution in [2.75, 3.05) is 0 Å². The largest absolute Gasteiger partial charge is 0.206 e. The molecule has 9 aromatic heterocycles. The summed E-state index contributed by atoms with van der Waals surface area (Å²) in [4.78, 5) is 8.48. The fraction of sp³-hybridized carbons (Fsp3) is 0.488. The number of hydrogen-bond donors (Lipinski definition) is 0. The number of rotatable bonds is 44. The molecule has 12 rings (SSSR count). The maximum Gasteiger partial charge on any atom is 0.170 e. The second-order valence-corrected chi connectivity index (χ2v) is 38.9. The molecule has 2 unspecified atom stereocenters. The van der Waals surface area contributed by atoms with Gasteiger partial charge in [-0.3, -0.25) is 0 Å². The smallest absolute Gasteiger partial charge is 0.170 e. The van der Waals surface area contributed by atoms with Crippen LogP contribution < -0.4 is 0 Å². The Balaban J connectivity index is 0.930. The molecule has 6 nitrogen and oxygen atoms in total. The first-order chi connectivity index (χ1) is 50.4. The molecule has 9 heterocycles. The van der Waals surface area contributed by atoms with Gasteiger partial charge in [0, 0.05) is 59.9 Å². The van der Waals surface area contributed by atoms with E-state index in [0.717, 1.165) is 157 Å². The molecule has 548 valence electrons. The van der Waals surface area contributed by atoms with Gasteiger partial charge in [0.2, 0.25) is 0 Å². The third-order valence-corrected chi connectivity index (χ3v) is 30.3. The first kappa shape index (κ1) is 78.6. The standard InChI is InChI=1S/C82H94Br2F4N6S9/c1-5-9-13-17-21-23-27-31-35-51(33-29-25-19-15-11-7-3)45-53-47-65(99-81(53)63-39-37-59(95-63)55-49-57(85)69(61-41-43-67(83)97-61)77-75(55)89-101-91-77)71-73(87)74(88)72(80-79(71)93-103-94-80)66-48-54(46-52(34-30-26-20-16-12-8-4)36-32-28-24-22-18-14-10-6-2)82(100-66)64-40-38-60(96-64)56-50-58(86)70(62-42-44-68(84)98-62)78-76(56)90-102-92-78/h37-44,47-52H,5-36,45-46H2,1-4H3. The molecule has 0 spiro atoms. The van der Waals surface area contributed by atoms with Crippen molar-refractivity contribution in [3.8, 4) is 82.2 Å². The number of halogens is 6. The Morgan fingerprint density at radius 2 is 0.592 bits per heavy atom. The second kappa shape index (κ2) is 39.4. The molecule has 3 aromatic carbocycles. The van der Waals surface area contributed by atoms with Gasteiger partial charge in [0.15, 0.2) is 11.6 Å². The first-order valence-electron chi connectivity index (χ1n) is 38.0. The normalized spacial score (nSPS) is 12.6. The van der Waals surface area contributed by atoms with Crippen LogP contribution >= 0.6 is 135 Å². The molecule has 12 aromatic rings. The van der Waals surface area contributed by atoms with Crippen molar-refractivity contribution in [2.24, 2.45) is 11.8 Å². The molecular weight excluding hydrogens is 1590 g/mol. The zero-order valence-corrected chi connectivity index (χ0v) is 70.3. The number of aromatic nitrogens is 6. The number of fused-ring (bicyclic) bond motifs is 3. The highest BCUT2D eigenvalue weighted by Gasteiger charge is 2.32. The van der Waals surface area contributed by atoms with Crippen LogP contribution in [0.15, 0.2) is 80.4 Å². The van der Waals surface area contributed by atoms with Crippen LogP contribution in [0.4, 0.5) is 17.6 Å². The van der Waals surface area contributed by atoms with Crippen molar-refractivity contribution in [1.82, 2.24) is 26.2 Å². The first-order valence-corrected chi connectivity index (χ1v) is 46.6. The predicted octanol–water partition coefficient (Wildman–Crippen LogP) is 32.4. The van der Waals surface area contributed by atoms with E-state index in [1.54, 1.807) is 34.8 Å². The lowest BCUT2D eigenvalue weighted by molar-refractivity contribution is 0.401. The summed E-state index contributed by atoms with van der Waals surface area (Å²) in [5.74, 6) is -1.77. The molecule has 0 N–H and O–H groups in total. The lowest BCUT2D eigenvalue weighted by Gasteiger charge is -2.17. The van der Waals surface area contributed by atoms with Gasteiger partial charge in [-0.1, -0.05) is 233 Å². The van der Waals surface area contributed by atoms with Crippen molar-refractivity contribution in [2.45, 2.75) is 246 Å². The van der Waals surface area contributed by atoms with E-state index in [9.17, 15) is 0 Å². The van der Waals surface area contributed by atoms with Crippen LogP contribution in [-0.2, 0) is 12.8 Å². The molecule has 0 saturated heterocycles. The van der Waals surface area contributed by atoms with Crippen LogP contribution in [-0.4, -0.2) is 26.2 Å². The van der Waals surface area contributed by atoms with Gasteiger partial charge in [-0.15, -0.1) is 68.0 Å². The van der Waals surface area contributed by atoms with E-state index < -0.39 is 11.6 Å². The molecule has 103 heavy (non-hydrogen) atoms. The van der Waals surface area contributed by atoms with Gasteiger partial charge in [-0.05, 0) is 140 Å². The molecule has 0 aliphatic carbocycles. The lowest BCUT2D eigenvalue weighted by atomic mass is 9.88. The Morgan fingerprint density at radius 1 is 0.301 bits per heavy atom. The molecule has 0 saturated carbocycles. The number of unbranched alkanes of at least 4 members (excludes halogenated alkanes) is 24. The summed E-state index contributed by atoms with van der Waals surface area (Å²) in [7, 11) is 0. The van der Waals surface area contributed by atoms with Crippen molar-refractivity contribution >= 4 is 168 Å². The Morgan fingerprint density at radius 3 is 0.913 bits per heavy atom. The molecule has 0 bridgehead atoms. The summed E-state index contributed by atoms with van der Waals surface area (Å²) < 4.78 is 100. The Labute approximate surface area is 660 Å². The number of hydrogen-bond acceptors (Lipinski definition) is 15. The average Bonchev–Trinajstić information content (AvgIpc) is 1.62. The summed E-state index contributed by atoms with van der Waals surface area (Å²) in [6.45, 7) is 9.08. The quantitative estimate of drug-likeness (QED) is 0.0280. The van der Waals surface area contributed by atoms with Crippen LogP contribution in [0.2, 0.25) is 0 Å². The third-order valence-electron chi connectivity index (χ3n) is 20.4. The molecule has 0 aliphatic rings. The minimum absolute atomic E-state index is 0.139. The summed E-state index contributed by atoms with van der Waals surface area (Å²) in [5.41, 5.74) is 7.85. The summed E-state index contributed by atoms with van der Waals surface area (Å²) >= 11 is 19.4. The van der Waals surface area contributed by atoms with E-state index in [-0.39, 0.29) is 22.8 Å². The lowest BCUT2D eigenvalue weighted by Crippen LogP contribution is -2.05. The molecule has 2 atom stereocenters. The van der Waals surface area contributed by atoms with E-state index in [4.69, 9.17) is 17.5 Å². The fourth-order valence-corrected chi connectivity index (χ4v) is 24.2. The van der Waals surface area contributed by atoms with Crippen molar-refractivity contribution in [3.05, 3.63) is 115 Å². The van der Waals surface area contributed by atoms with Gasteiger partial charge in [0.25, 0.3) is 0 Å². The summed E-state index contributed by atoms with van der Waals surface area (Å²) in [5, 5.41) is 0. The monoisotopic (exact) mass is 1680 g/mol. The van der Waals surface area contributed by atoms with Gasteiger partial charge in [0.1, 0.15) is 44.7 Å². The van der Waals surface area contributed by atoms with Crippen molar-refractivity contribution < 1.29 is 17.6 Å². The van der Waals surface area contributed by atoms with Gasteiger partial charge < -0.3 is 0 Å². The number of nitrogens with zero attached hydrogens (tertiary/aromatic N) is 6. The van der Waals surface area contributed by atoms with Gasteiger partial charge in [-0.25, -0.2) is 17.6 Å². The maximum atomic E-state index is 18.3. The Bertz CT molecular complexity index is 4370. The Kier molecular flexibility index (Phi) is 30.1. The SMILES string of the molecule is CCCCCCCCCCC(CCCCCCCC)Cc1cc(-c2c(F)c(F)c(-c3cc(CC(CCCCCCCC)CCCCCCCCCC)c(-c4ccc(-c5cc(F)c(-c6ccc(Br)s6)c6nsnc56)s4)s3)c3nsnc23)sc1-c1ccc(-c2cc(F)c(-c3ccc(Br)s3)c3nsnc23)s1. The molecule has 0 aliphatic heterocycles. The highest BCUT2D eigenvalue weighted by atomic mass is 79.9. The minimum Gasteiger partial charge on any atom is -0.206 e. The topological polar surface area (TPSA) is 77.3 Å². The van der Waals surface area contributed by atoms with Crippen molar-refractivity contribution in [1.29, 1.82) is 0 Å². The van der Waals surface area contributed by atoms with Crippen LogP contribution in [0.1, 0.15) is 244 Å². The van der Waals surface area contributed by atoms with Crippen LogP contribution in [0, 0.1) is 35.1 Å². The highest BCUT2D eigenvalue weighted by Crippen LogP contribution is 2.53. The van der Waals surface area contributed by atoms with E-state index in [1.807, 2.05) is 24.3 Å². The predicted molar refractivity (Wildman–Crippen MR) is 450 cm³/mol. The van der Waals surface area contributed by atoms with E-state index in [2.05, 4.69) is 105 Å². The molecular formula is C82H94Br2F4N6S9. The minimum atomic E-state index is -0.928. The van der Waals surface area contributed by atoms with Gasteiger partial charge >= 0.3 is 0 Å². The highest BCUT2D eigenvalue weighted by molar-refractivity contribution is 9.11. The summed E-state index contributed by atoms with van der Waals surface area (Å²) in [6, 6.07) is 23.5. The third kappa shape index (κ3) is 19.7. The zero-order valence-electron chi connectivity index (χ0n) is 59.7. The molecule has 0 fully saturated rings.